The molecule has 0 unspecified atom stereocenters. The van der Waals surface area contributed by atoms with Crippen LogP contribution in [0.4, 0.5) is 0 Å². The predicted molar refractivity (Wildman–Crippen MR) is 79.9 cm³/mol. The van der Waals surface area contributed by atoms with Crippen LogP contribution in [0, 0.1) is 13.8 Å². The van der Waals surface area contributed by atoms with Gasteiger partial charge < -0.3 is 5.73 Å². The molecule has 0 radical (unpaired) electrons. The van der Waals surface area contributed by atoms with E-state index in [0.29, 0.717) is 6.54 Å². The lowest BCUT2D eigenvalue weighted by molar-refractivity contribution is 0.806. The van der Waals surface area contributed by atoms with E-state index in [0.717, 1.165) is 38.7 Å². The molecule has 0 atom stereocenters. The minimum Gasteiger partial charge on any atom is -0.330 e. The summed E-state index contributed by atoms with van der Waals surface area (Å²) in [5.41, 5.74) is 8.92. The summed E-state index contributed by atoms with van der Waals surface area (Å²) < 4.78 is 1.10. The number of halogens is 1. The van der Waals surface area contributed by atoms with Crippen LogP contribution < -0.4 is 5.73 Å². The lowest BCUT2D eigenvalue weighted by Crippen LogP contribution is -2.06. The fourth-order valence-corrected chi connectivity index (χ4v) is 3.24. The number of thiophene rings is 1. The van der Waals surface area contributed by atoms with Gasteiger partial charge in [-0.3, -0.25) is 0 Å². The average Bonchev–Trinajstić information content (AvgIpc) is 2.75. The molecule has 0 fully saturated rings. The highest BCUT2D eigenvalue weighted by molar-refractivity contribution is 9.11. The molecule has 2 aromatic rings. The fourth-order valence-electron chi connectivity index (χ4n) is 1.92. The van der Waals surface area contributed by atoms with Crippen molar-refractivity contribution in [2.45, 2.75) is 26.7 Å². The van der Waals surface area contributed by atoms with Gasteiger partial charge >= 0.3 is 0 Å². The van der Waals surface area contributed by atoms with E-state index in [-0.39, 0.29) is 0 Å². The number of nitrogens with zero attached hydrogens (tertiary/aromatic N) is 2. The van der Waals surface area contributed by atoms with Crippen LogP contribution in [0.1, 0.15) is 23.4 Å². The summed E-state index contributed by atoms with van der Waals surface area (Å²) >= 11 is 5.12. The minimum atomic E-state index is 0.707. The zero-order valence-corrected chi connectivity index (χ0v) is 12.9. The first-order valence-electron chi connectivity index (χ1n) is 5.91. The Bertz CT molecular complexity index is 528. The highest BCUT2D eigenvalue weighted by Gasteiger charge is 2.11. The Morgan fingerprint density at radius 1 is 1.22 bits per heavy atom. The number of aromatic nitrogens is 2. The predicted octanol–water partition coefficient (Wildman–Crippen LogP) is 3.48. The molecular weight excluding hydrogens is 310 g/mol. The maximum absolute atomic E-state index is 5.56. The van der Waals surface area contributed by atoms with Crippen molar-refractivity contribution in [3.05, 3.63) is 32.9 Å². The Balaban J connectivity index is 2.36. The maximum atomic E-state index is 5.56. The number of rotatable bonds is 4. The van der Waals surface area contributed by atoms with Crippen molar-refractivity contribution in [1.29, 1.82) is 0 Å². The molecule has 0 bridgehead atoms. The van der Waals surface area contributed by atoms with Gasteiger partial charge in [-0.15, -0.1) is 11.3 Å². The van der Waals surface area contributed by atoms with E-state index in [2.05, 4.69) is 25.9 Å². The second-order valence-corrected chi connectivity index (χ2v) is 6.66. The SMILES string of the molecule is Cc1nc(-c2ccc(Br)s2)nc(C)c1CCCN. The highest BCUT2D eigenvalue weighted by Crippen LogP contribution is 2.30. The molecular formula is C13H16BrN3S. The van der Waals surface area contributed by atoms with E-state index in [1.807, 2.05) is 26.0 Å². The molecule has 2 rings (SSSR count). The molecule has 0 saturated heterocycles. The van der Waals surface area contributed by atoms with E-state index < -0.39 is 0 Å². The summed E-state index contributed by atoms with van der Waals surface area (Å²) in [6.45, 7) is 4.80. The summed E-state index contributed by atoms with van der Waals surface area (Å²) in [7, 11) is 0. The van der Waals surface area contributed by atoms with Gasteiger partial charge in [0, 0.05) is 11.4 Å². The van der Waals surface area contributed by atoms with Crippen molar-refractivity contribution in [2.75, 3.05) is 6.54 Å². The Morgan fingerprint density at radius 2 is 1.89 bits per heavy atom. The van der Waals surface area contributed by atoms with Gasteiger partial charge in [-0.2, -0.15) is 0 Å². The molecule has 18 heavy (non-hydrogen) atoms. The zero-order chi connectivity index (χ0) is 13.1. The Morgan fingerprint density at radius 3 is 2.39 bits per heavy atom. The second-order valence-electron chi connectivity index (χ2n) is 4.19. The third-order valence-electron chi connectivity index (χ3n) is 2.85. The van der Waals surface area contributed by atoms with E-state index in [1.165, 1.54) is 5.56 Å². The maximum Gasteiger partial charge on any atom is 0.169 e. The third-order valence-corrected chi connectivity index (χ3v) is 4.46. The highest BCUT2D eigenvalue weighted by atomic mass is 79.9. The first-order valence-corrected chi connectivity index (χ1v) is 7.52. The fraction of sp³-hybridized carbons (Fsp3) is 0.385. The van der Waals surface area contributed by atoms with Crippen molar-refractivity contribution in [3.63, 3.8) is 0 Å². The standard InChI is InChI=1S/C13H16BrN3S/c1-8-10(4-3-7-15)9(2)17-13(16-8)11-5-6-12(14)18-11/h5-6H,3-4,7,15H2,1-2H3. The number of hydrogen-bond acceptors (Lipinski definition) is 4. The molecule has 2 heterocycles. The molecule has 0 spiro atoms. The van der Waals surface area contributed by atoms with Crippen LogP contribution in [-0.4, -0.2) is 16.5 Å². The van der Waals surface area contributed by atoms with Crippen molar-refractivity contribution in [2.24, 2.45) is 5.73 Å². The van der Waals surface area contributed by atoms with Crippen LogP contribution in [-0.2, 0) is 6.42 Å². The summed E-state index contributed by atoms with van der Waals surface area (Å²) in [4.78, 5) is 10.3. The molecule has 96 valence electrons. The van der Waals surface area contributed by atoms with Crippen molar-refractivity contribution < 1.29 is 0 Å². The topological polar surface area (TPSA) is 51.8 Å². The van der Waals surface area contributed by atoms with Gasteiger partial charge in [0.1, 0.15) is 0 Å². The second kappa shape index (κ2) is 5.91. The van der Waals surface area contributed by atoms with Crippen LogP contribution in [0.5, 0.6) is 0 Å². The number of hydrogen-bond donors (Lipinski definition) is 1. The summed E-state index contributed by atoms with van der Waals surface area (Å²) in [5, 5.41) is 0. The molecule has 0 aliphatic rings. The van der Waals surface area contributed by atoms with E-state index in [9.17, 15) is 0 Å². The molecule has 0 aromatic carbocycles. The lowest BCUT2D eigenvalue weighted by Gasteiger charge is -2.09. The molecule has 0 amide bonds. The van der Waals surface area contributed by atoms with Crippen LogP contribution in [0.25, 0.3) is 10.7 Å². The monoisotopic (exact) mass is 325 g/mol. The Hall–Kier alpha value is -0.780. The first kappa shape index (κ1) is 13.6. The molecule has 0 aliphatic heterocycles. The van der Waals surface area contributed by atoms with Crippen molar-refractivity contribution >= 4 is 27.3 Å². The molecule has 0 aliphatic carbocycles. The van der Waals surface area contributed by atoms with Gasteiger partial charge in [0.15, 0.2) is 5.82 Å². The zero-order valence-electron chi connectivity index (χ0n) is 10.5. The molecule has 3 nitrogen and oxygen atoms in total. The Kier molecular flexibility index (Phi) is 4.48. The quantitative estimate of drug-likeness (QED) is 0.936. The molecule has 5 heteroatoms. The van der Waals surface area contributed by atoms with E-state index >= 15 is 0 Å². The summed E-state index contributed by atoms with van der Waals surface area (Å²) in [6.07, 6.45) is 1.94. The van der Waals surface area contributed by atoms with Crippen LogP contribution >= 0.6 is 27.3 Å². The molecule has 0 saturated carbocycles. The summed E-state index contributed by atoms with van der Waals surface area (Å²) in [5.74, 6) is 0.817. The van der Waals surface area contributed by atoms with Crippen molar-refractivity contribution in [3.8, 4) is 10.7 Å². The lowest BCUT2D eigenvalue weighted by atomic mass is 10.1. The summed E-state index contributed by atoms with van der Waals surface area (Å²) in [6, 6.07) is 4.07. The largest absolute Gasteiger partial charge is 0.330 e. The van der Waals surface area contributed by atoms with Gasteiger partial charge in [0.25, 0.3) is 0 Å². The van der Waals surface area contributed by atoms with E-state index in [1.54, 1.807) is 11.3 Å². The van der Waals surface area contributed by atoms with Gasteiger partial charge in [-0.1, -0.05) is 0 Å². The van der Waals surface area contributed by atoms with Gasteiger partial charge in [0.2, 0.25) is 0 Å². The Labute approximate surface area is 120 Å². The first-order chi connectivity index (χ1) is 8.61. The van der Waals surface area contributed by atoms with E-state index in [4.69, 9.17) is 5.73 Å². The van der Waals surface area contributed by atoms with Gasteiger partial charge in [-0.25, -0.2) is 9.97 Å². The number of nitrogens with two attached hydrogens (primary N) is 1. The normalized spacial score (nSPS) is 10.9. The molecule has 2 aromatic heterocycles. The smallest absolute Gasteiger partial charge is 0.169 e. The van der Waals surface area contributed by atoms with Crippen LogP contribution in [0.2, 0.25) is 0 Å². The van der Waals surface area contributed by atoms with Gasteiger partial charge in [-0.05, 0) is 66.9 Å². The third kappa shape index (κ3) is 2.96. The van der Waals surface area contributed by atoms with Crippen LogP contribution in [0.15, 0.2) is 15.9 Å². The van der Waals surface area contributed by atoms with Crippen LogP contribution in [0.3, 0.4) is 0 Å². The van der Waals surface area contributed by atoms with Crippen molar-refractivity contribution in [1.82, 2.24) is 9.97 Å². The molecule has 2 N–H and O–H groups in total. The minimum absolute atomic E-state index is 0.707. The average molecular weight is 326 g/mol. The van der Waals surface area contributed by atoms with Gasteiger partial charge in [0.05, 0.1) is 8.66 Å². The number of aryl methyl sites for hydroxylation is 2.